The maximum absolute atomic E-state index is 10.4. The fraction of sp³-hybridized carbons (Fsp3) is 0.500. The number of aliphatic hydroxyl groups is 1. The third-order valence-corrected chi connectivity index (χ3v) is 2.59. The van der Waals surface area contributed by atoms with Crippen molar-refractivity contribution >= 4 is 5.97 Å². The van der Waals surface area contributed by atoms with Gasteiger partial charge in [-0.3, -0.25) is 0 Å². The number of benzene rings is 1. The van der Waals surface area contributed by atoms with Crippen LogP contribution in [0, 0.1) is 0 Å². The van der Waals surface area contributed by atoms with E-state index in [2.05, 4.69) is 13.8 Å². The number of hydrogen-bond acceptors (Lipinski definition) is 4. The summed E-state index contributed by atoms with van der Waals surface area (Å²) < 4.78 is 5.43. The Balaban J connectivity index is 2.35. The molecule has 0 spiro atoms. The molecule has 19 heavy (non-hydrogen) atoms. The summed E-state index contributed by atoms with van der Waals surface area (Å²) in [7, 11) is 0. The van der Waals surface area contributed by atoms with Crippen molar-refractivity contribution < 1.29 is 25.1 Å². The first kappa shape index (κ1) is 15.5. The zero-order valence-electron chi connectivity index (χ0n) is 11.3. The Kier molecular flexibility index (Phi) is 6.32. The van der Waals surface area contributed by atoms with Crippen molar-refractivity contribution in [2.75, 3.05) is 13.2 Å². The first-order valence-corrected chi connectivity index (χ1v) is 6.40. The van der Waals surface area contributed by atoms with Crippen molar-refractivity contribution in [1.29, 1.82) is 0 Å². The van der Waals surface area contributed by atoms with Crippen LogP contribution >= 0.6 is 0 Å². The predicted octanol–water partition coefficient (Wildman–Crippen LogP) is -1.31. The molecule has 0 aliphatic carbocycles. The first-order valence-electron chi connectivity index (χ1n) is 6.40. The first-order chi connectivity index (χ1) is 8.97. The van der Waals surface area contributed by atoms with E-state index >= 15 is 0 Å². The summed E-state index contributed by atoms with van der Waals surface area (Å²) in [5.74, 6) is -0.487. The van der Waals surface area contributed by atoms with Crippen LogP contribution in [0.25, 0.3) is 0 Å². The van der Waals surface area contributed by atoms with Crippen LogP contribution in [0.15, 0.2) is 24.3 Å². The van der Waals surface area contributed by atoms with Crippen LogP contribution in [0.5, 0.6) is 5.75 Å². The average Bonchev–Trinajstić information content (AvgIpc) is 2.35. The van der Waals surface area contributed by atoms with E-state index < -0.39 is 12.1 Å². The summed E-state index contributed by atoms with van der Waals surface area (Å²) in [5.41, 5.74) is 0.668. The summed E-state index contributed by atoms with van der Waals surface area (Å²) >= 11 is 0. The van der Waals surface area contributed by atoms with Gasteiger partial charge in [-0.05, 0) is 31.5 Å². The third kappa shape index (κ3) is 6.79. The van der Waals surface area contributed by atoms with E-state index in [4.69, 9.17) is 4.74 Å². The molecule has 3 N–H and O–H groups in total. The summed E-state index contributed by atoms with van der Waals surface area (Å²) in [5, 5.41) is 22.1. The van der Waals surface area contributed by atoms with Crippen molar-refractivity contribution in [1.82, 2.24) is 0 Å². The fourth-order valence-electron chi connectivity index (χ4n) is 1.56. The molecule has 5 heteroatoms. The molecule has 106 valence electrons. The normalized spacial score (nSPS) is 12.4. The standard InChI is InChI=1S/C14H21NO4/c1-10(2)15-8-12(16)9-19-13-5-3-11(4-6-13)7-14(17)18/h3-6,10,12,15-16H,7-9H2,1-2H3,(H,17,18)/t12-/m0/s1. The van der Waals surface area contributed by atoms with Gasteiger partial charge in [0.25, 0.3) is 0 Å². The van der Waals surface area contributed by atoms with Crippen molar-refractivity contribution in [3.05, 3.63) is 29.8 Å². The van der Waals surface area contributed by atoms with E-state index in [1.807, 2.05) is 5.32 Å². The van der Waals surface area contributed by atoms with Crippen molar-refractivity contribution in [2.45, 2.75) is 32.4 Å². The SMILES string of the molecule is CC(C)[NH2+]C[C@H](O)COc1ccc(CC(=O)[O-])cc1. The van der Waals surface area contributed by atoms with Crippen LogP contribution in [0.1, 0.15) is 19.4 Å². The molecule has 0 bridgehead atoms. The van der Waals surface area contributed by atoms with E-state index in [0.29, 0.717) is 23.9 Å². The van der Waals surface area contributed by atoms with Gasteiger partial charge in [0, 0.05) is 12.4 Å². The lowest BCUT2D eigenvalue weighted by Gasteiger charge is -2.13. The zero-order valence-corrected chi connectivity index (χ0v) is 11.3. The molecule has 0 fully saturated rings. The molecule has 5 nitrogen and oxygen atoms in total. The molecule has 0 aliphatic heterocycles. The highest BCUT2D eigenvalue weighted by Crippen LogP contribution is 2.12. The average molecular weight is 267 g/mol. The van der Waals surface area contributed by atoms with Gasteiger partial charge in [0.2, 0.25) is 0 Å². The van der Waals surface area contributed by atoms with Gasteiger partial charge in [-0.15, -0.1) is 0 Å². The number of nitrogens with two attached hydrogens (primary N) is 1. The molecule has 0 saturated carbocycles. The lowest BCUT2D eigenvalue weighted by Crippen LogP contribution is -2.90. The second-order valence-corrected chi connectivity index (χ2v) is 4.87. The quantitative estimate of drug-likeness (QED) is 0.612. The van der Waals surface area contributed by atoms with E-state index in [1.165, 1.54) is 0 Å². The van der Waals surface area contributed by atoms with Crippen LogP contribution in [0.4, 0.5) is 0 Å². The van der Waals surface area contributed by atoms with Gasteiger partial charge in [-0.2, -0.15) is 0 Å². The number of carbonyl (C=O) groups excluding carboxylic acids is 1. The number of aliphatic hydroxyl groups excluding tert-OH is 1. The highest BCUT2D eigenvalue weighted by molar-refractivity contribution is 5.67. The minimum atomic E-state index is -1.10. The van der Waals surface area contributed by atoms with Gasteiger partial charge >= 0.3 is 0 Å². The number of carboxylic acid groups (broad SMARTS) is 1. The van der Waals surface area contributed by atoms with E-state index in [-0.39, 0.29) is 13.0 Å². The van der Waals surface area contributed by atoms with E-state index in [9.17, 15) is 15.0 Å². The molecule has 1 aromatic rings. The lowest BCUT2D eigenvalue weighted by atomic mass is 10.1. The van der Waals surface area contributed by atoms with Crippen LogP contribution < -0.4 is 15.2 Å². The number of quaternary nitrogens is 1. The van der Waals surface area contributed by atoms with Gasteiger partial charge in [-0.25, -0.2) is 0 Å². The van der Waals surface area contributed by atoms with Crippen LogP contribution in [0.2, 0.25) is 0 Å². The highest BCUT2D eigenvalue weighted by Gasteiger charge is 2.08. The second kappa shape index (κ2) is 7.76. The Hall–Kier alpha value is -1.59. The lowest BCUT2D eigenvalue weighted by molar-refractivity contribution is -0.688. The summed E-state index contributed by atoms with van der Waals surface area (Å²) in [6.45, 7) is 4.94. The van der Waals surface area contributed by atoms with E-state index in [0.717, 1.165) is 0 Å². The minimum absolute atomic E-state index is 0.105. The fourth-order valence-corrected chi connectivity index (χ4v) is 1.56. The molecule has 0 aliphatic rings. The number of carbonyl (C=O) groups is 1. The topological polar surface area (TPSA) is 86.2 Å². The molecule has 0 unspecified atom stereocenters. The number of aliphatic carboxylic acids is 1. The molecule has 0 saturated heterocycles. The number of carboxylic acids is 1. The van der Waals surface area contributed by atoms with Gasteiger partial charge < -0.3 is 25.1 Å². The molecular weight excluding hydrogens is 246 g/mol. The smallest absolute Gasteiger partial charge is 0.137 e. The Bertz CT molecular complexity index is 389. The summed E-state index contributed by atoms with van der Waals surface area (Å²) in [6.07, 6.45) is -0.628. The van der Waals surface area contributed by atoms with Gasteiger partial charge in [0.15, 0.2) is 0 Å². The minimum Gasteiger partial charge on any atom is -0.550 e. The number of hydrogen-bond donors (Lipinski definition) is 2. The maximum Gasteiger partial charge on any atom is 0.137 e. The molecule has 0 amide bonds. The molecular formula is C14H21NO4. The Morgan fingerprint density at radius 1 is 1.37 bits per heavy atom. The summed E-state index contributed by atoms with van der Waals surface area (Å²) in [6, 6.07) is 7.18. The maximum atomic E-state index is 10.4. The highest BCUT2D eigenvalue weighted by atomic mass is 16.5. The van der Waals surface area contributed by atoms with Crippen molar-refractivity contribution in [2.24, 2.45) is 0 Å². The molecule has 0 radical (unpaired) electrons. The molecule has 1 aromatic carbocycles. The second-order valence-electron chi connectivity index (χ2n) is 4.87. The van der Waals surface area contributed by atoms with Gasteiger partial charge in [-0.1, -0.05) is 12.1 Å². The predicted molar refractivity (Wildman–Crippen MR) is 68.6 cm³/mol. The number of ether oxygens (including phenoxy) is 1. The Morgan fingerprint density at radius 2 is 2.00 bits per heavy atom. The zero-order chi connectivity index (χ0) is 14.3. The Morgan fingerprint density at radius 3 is 2.53 bits per heavy atom. The van der Waals surface area contributed by atoms with Crippen LogP contribution in [-0.4, -0.2) is 36.4 Å². The molecule has 0 heterocycles. The number of rotatable bonds is 8. The monoisotopic (exact) mass is 267 g/mol. The molecule has 0 aromatic heterocycles. The largest absolute Gasteiger partial charge is 0.550 e. The third-order valence-electron chi connectivity index (χ3n) is 2.59. The van der Waals surface area contributed by atoms with Crippen molar-refractivity contribution in [3.8, 4) is 5.75 Å². The van der Waals surface area contributed by atoms with Crippen molar-refractivity contribution in [3.63, 3.8) is 0 Å². The van der Waals surface area contributed by atoms with Crippen LogP contribution in [-0.2, 0) is 11.2 Å². The molecule has 1 atom stereocenters. The molecule has 1 rings (SSSR count). The van der Waals surface area contributed by atoms with E-state index in [1.54, 1.807) is 24.3 Å². The summed E-state index contributed by atoms with van der Waals surface area (Å²) in [4.78, 5) is 10.4. The van der Waals surface area contributed by atoms with Crippen LogP contribution in [0.3, 0.4) is 0 Å². The Labute approximate surface area is 113 Å². The van der Waals surface area contributed by atoms with Gasteiger partial charge in [0.1, 0.15) is 25.0 Å². The van der Waals surface area contributed by atoms with Gasteiger partial charge in [0.05, 0.1) is 6.04 Å².